The predicted molar refractivity (Wildman–Crippen MR) is 82.2 cm³/mol. The van der Waals surface area contributed by atoms with E-state index in [1.807, 2.05) is 6.92 Å². The minimum Gasteiger partial charge on any atom is -0.478 e. The van der Waals surface area contributed by atoms with Crippen molar-refractivity contribution in [1.82, 2.24) is 5.32 Å². The summed E-state index contributed by atoms with van der Waals surface area (Å²) in [6, 6.07) is 2.84. The fraction of sp³-hybridized carbons (Fsp3) is 0.429. The minimum atomic E-state index is -1.12. The van der Waals surface area contributed by atoms with E-state index in [0.29, 0.717) is 0 Å². The topological polar surface area (TPSA) is 78.4 Å². The van der Waals surface area contributed by atoms with Crippen LogP contribution in [-0.2, 0) is 4.79 Å². The fourth-order valence-corrected chi connectivity index (χ4v) is 2.99. The zero-order chi connectivity index (χ0) is 15.6. The van der Waals surface area contributed by atoms with Crippen molar-refractivity contribution in [2.75, 3.05) is 11.9 Å². The van der Waals surface area contributed by atoms with Crippen molar-refractivity contribution in [2.45, 2.75) is 25.8 Å². The molecule has 5 nitrogen and oxygen atoms in total. The third-order valence-corrected chi connectivity index (χ3v) is 4.13. The van der Waals surface area contributed by atoms with E-state index in [9.17, 15) is 9.59 Å². The van der Waals surface area contributed by atoms with Gasteiger partial charge in [0.1, 0.15) is 0 Å². The number of rotatable bonds is 3. The first kappa shape index (κ1) is 16.1. The molecular weight excluding hydrogens is 315 g/mol. The van der Waals surface area contributed by atoms with Crippen LogP contribution in [0.1, 0.15) is 30.1 Å². The van der Waals surface area contributed by atoms with Gasteiger partial charge in [0.2, 0.25) is 5.91 Å². The monoisotopic (exact) mass is 330 g/mol. The molecule has 2 rings (SSSR count). The molecule has 1 amide bonds. The first-order valence-electron chi connectivity index (χ1n) is 6.65. The fourth-order valence-electron chi connectivity index (χ4n) is 2.41. The summed E-state index contributed by atoms with van der Waals surface area (Å²) in [5, 5.41) is 15.2. The molecule has 0 aliphatic carbocycles. The van der Waals surface area contributed by atoms with Gasteiger partial charge in [0.05, 0.1) is 21.3 Å². The van der Waals surface area contributed by atoms with E-state index >= 15 is 0 Å². The standard InChI is InChI=1S/C14H16Cl2N2O3/c1-7-4-8(2-3-17-7)13(19)18-12-10(15)5-9(14(20)21)6-11(12)16/h5-8,17H,2-4H2,1H3,(H,18,19)(H,20,21). The molecule has 3 N–H and O–H groups in total. The van der Waals surface area contributed by atoms with Crippen LogP contribution in [0, 0.1) is 5.92 Å². The second-order valence-corrected chi connectivity index (χ2v) is 6.00. The molecule has 7 heteroatoms. The second kappa shape index (κ2) is 6.64. The average molecular weight is 331 g/mol. The number of nitrogens with one attached hydrogen (secondary N) is 2. The van der Waals surface area contributed by atoms with Crippen LogP contribution in [0.3, 0.4) is 0 Å². The molecule has 114 valence electrons. The lowest BCUT2D eigenvalue weighted by atomic mass is 9.92. The molecular formula is C14H16Cl2N2O3. The molecule has 2 unspecified atom stereocenters. The van der Waals surface area contributed by atoms with Gasteiger partial charge >= 0.3 is 5.97 Å². The molecule has 0 aromatic heterocycles. The minimum absolute atomic E-state index is 0.0153. The van der Waals surface area contributed by atoms with E-state index in [1.54, 1.807) is 0 Å². The Labute approximate surface area is 132 Å². The number of carboxylic acids is 1. The van der Waals surface area contributed by atoms with Crippen LogP contribution in [0.5, 0.6) is 0 Å². The largest absolute Gasteiger partial charge is 0.478 e. The highest BCUT2D eigenvalue weighted by molar-refractivity contribution is 6.40. The van der Waals surface area contributed by atoms with Gasteiger partial charge in [-0.2, -0.15) is 0 Å². The molecule has 1 heterocycles. The molecule has 0 saturated carbocycles. The Bertz CT molecular complexity index is 554. The van der Waals surface area contributed by atoms with Crippen molar-refractivity contribution in [2.24, 2.45) is 5.92 Å². The van der Waals surface area contributed by atoms with Crippen LogP contribution in [-0.4, -0.2) is 29.6 Å². The highest BCUT2D eigenvalue weighted by Crippen LogP contribution is 2.33. The highest BCUT2D eigenvalue weighted by Gasteiger charge is 2.26. The molecule has 0 radical (unpaired) electrons. The Morgan fingerprint density at radius 1 is 1.33 bits per heavy atom. The first-order valence-corrected chi connectivity index (χ1v) is 7.40. The number of carbonyl (C=O) groups excluding carboxylic acids is 1. The Kier molecular flexibility index (Phi) is 5.08. The summed E-state index contributed by atoms with van der Waals surface area (Å²) in [6.07, 6.45) is 1.49. The number of piperidine rings is 1. The molecule has 2 atom stereocenters. The van der Waals surface area contributed by atoms with Crippen molar-refractivity contribution in [3.8, 4) is 0 Å². The van der Waals surface area contributed by atoms with Crippen LogP contribution in [0.2, 0.25) is 10.0 Å². The molecule has 0 spiro atoms. The maximum Gasteiger partial charge on any atom is 0.335 e. The van der Waals surface area contributed by atoms with E-state index < -0.39 is 5.97 Å². The summed E-state index contributed by atoms with van der Waals surface area (Å²) in [5.41, 5.74) is 0.248. The van der Waals surface area contributed by atoms with Crippen LogP contribution < -0.4 is 10.6 Å². The van der Waals surface area contributed by atoms with Crippen molar-refractivity contribution >= 4 is 40.8 Å². The van der Waals surface area contributed by atoms with Crippen LogP contribution >= 0.6 is 23.2 Å². The smallest absolute Gasteiger partial charge is 0.335 e. The molecule has 1 aromatic carbocycles. The van der Waals surface area contributed by atoms with Crippen LogP contribution in [0.4, 0.5) is 5.69 Å². The zero-order valence-corrected chi connectivity index (χ0v) is 13.0. The predicted octanol–water partition coefficient (Wildman–Crippen LogP) is 3.02. The van der Waals surface area contributed by atoms with Crippen LogP contribution in [0.25, 0.3) is 0 Å². The molecule has 1 saturated heterocycles. The molecule has 1 aromatic rings. The molecule has 1 aliphatic rings. The lowest BCUT2D eigenvalue weighted by Gasteiger charge is -2.27. The molecule has 1 aliphatic heterocycles. The zero-order valence-electron chi connectivity index (χ0n) is 11.5. The van der Waals surface area contributed by atoms with Gasteiger partial charge in [0, 0.05) is 12.0 Å². The second-order valence-electron chi connectivity index (χ2n) is 5.19. The van der Waals surface area contributed by atoms with Crippen molar-refractivity contribution in [3.63, 3.8) is 0 Å². The number of benzene rings is 1. The van der Waals surface area contributed by atoms with Crippen molar-refractivity contribution in [3.05, 3.63) is 27.7 Å². The summed E-state index contributed by atoms with van der Waals surface area (Å²) >= 11 is 12.0. The Balaban J connectivity index is 2.15. The maximum absolute atomic E-state index is 12.3. The number of carboxylic acid groups (broad SMARTS) is 1. The summed E-state index contributed by atoms with van der Waals surface area (Å²) < 4.78 is 0. The van der Waals surface area contributed by atoms with Gasteiger partial charge in [0.25, 0.3) is 0 Å². The van der Waals surface area contributed by atoms with Gasteiger partial charge in [-0.05, 0) is 38.4 Å². The van der Waals surface area contributed by atoms with E-state index in [4.69, 9.17) is 28.3 Å². The number of aromatic carboxylic acids is 1. The van der Waals surface area contributed by atoms with Gasteiger partial charge in [-0.25, -0.2) is 4.79 Å². The summed E-state index contributed by atoms with van der Waals surface area (Å²) in [4.78, 5) is 23.2. The maximum atomic E-state index is 12.3. The van der Waals surface area contributed by atoms with Crippen LogP contribution in [0.15, 0.2) is 12.1 Å². The number of amides is 1. The Hall–Kier alpha value is -1.30. The third-order valence-electron chi connectivity index (χ3n) is 3.53. The highest BCUT2D eigenvalue weighted by atomic mass is 35.5. The number of hydrogen-bond donors (Lipinski definition) is 3. The van der Waals surface area contributed by atoms with E-state index in [-0.39, 0.29) is 39.2 Å². The van der Waals surface area contributed by atoms with E-state index in [1.165, 1.54) is 12.1 Å². The lowest BCUT2D eigenvalue weighted by Crippen LogP contribution is -2.40. The van der Waals surface area contributed by atoms with Gasteiger partial charge < -0.3 is 15.7 Å². The lowest BCUT2D eigenvalue weighted by molar-refractivity contribution is -0.120. The number of carbonyl (C=O) groups is 2. The normalized spacial score (nSPS) is 21.9. The Morgan fingerprint density at radius 3 is 2.48 bits per heavy atom. The first-order chi connectivity index (χ1) is 9.88. The Morgan fingerprint density at radius 2 is 1.95 bits per heavy atom. The average Bonchev–Trinajstić information content (AvgIpc) is 2.42. The SMILES string of the molecule is CC1CC(C(=O)Nc2c(Cl)cc(C(=O)O)cc2Cl)CCN1. The summed E-state index contributed by atoms with van der Waals surface area (Å²) in [5.74, 6) is -1.37. The summed E-state index contributed by atoms with van der Waals surface area (Å²) in [6.45, 7) is 2.82. The van der Waals surface area contributed by atoms with Gasteiger partial charge in [-0.3, -0.25) is 4.79 Å². The van der Waals surface area contributed by atoms with Crippen molar-refractivity contribution < 1.29 is 14.7 Å². The molecule has 1 fully saturated rings. The third kappa shape index (κ3) is 3.87. The quantitative estimate of drug-likeness (QED) is 0.796. The van der Waals surface area contributed by atoms with Crippen molar-refractivity contribution in [1.29, 1.82) is 0 Å². The van der Waals surface area contributed by atoms with Gasteiger partial charge in [-0.1, -0.05) is 23.2 Å². The number of halogens is 2. The number of anilines is 1. The number of hydrogen-bond acceptors (Lipinski definition) is 3. The molecule has 0 bridgehead atoms. The van der Waals surface area contributed by atoms with Gasteiger partial charge in [-0.15, -0.1) is 0 Å². The van der Waals surface area contributed by atoms with E-state index in [0.717, 1.165) is 19.4 Å². The summed E-state index contributed by atoms with van der Waals surface area (Å²) in [7, 11) is 0. The van der Waals surface area contributed by atoms with Gasteiger partial charge in [0.15, 0.2) is 0 Å². The van der Waals surface area contributed by atoms with E-state index in [2.05, 4.69) is 10.6 Å². The molecule has 21 heavy (non-hydrogen) atoms.